The second kappa shape index (κ2) is 7.51. The van der Waals surface area contributed by atoms with Gasteiger partial charge in [-0.15, -0.1) is 0 Å². The Morgan fingerprint density at radius 1 is 1.21 bits per heavy atom. The summed E-state index contributed by atoms with van der Waals surface area (Å²) >= 11 is 0. The molecule has 0 aliphatic rings. The van der Waals surface area contributed by atoms with E-state index >= 15 is 0 Å². The molecule has 0 saturated carbocycles. The molecule has 19 heavy (non-hydrogen) atoms. The van der Waals surface area contributed by atoms with Crippen LogP contribution < -0.4 is 0 Å². The van der Waals surface area contributed by atoms with E-state index in [1.165, 1.54) is 12.1 Å². The molecule has 1 unspecified atom stereocenters. The van der Waals surface area contributed by atoms with Crippen molar-refractivity contribution in [3.8, 4) is 0 Å². The van der Waals surface area contributed by atoms with E-state index in [0.29, 0.717) is 0 Å². The van der Waals surface area contributed by atoms with Crippen molar-refractivity contribution in [2.75, 3.05) is 6.61 Å². The molecule has 1 atom stereocenters. The number of esters is 2. The highest BCUT2D eigenvalue weighted by molar-refractivity contribution is 5.91. The van der Waals surface area contributed by atoms with Crippen molar-refractivity contribution in [2.45, 2.75) is 39.7 Å². The third kappa shape index (κ3) is 4.69. The fraction of sp³-hybridized carbons (Fsp3) is 0.500. The van der Waals surface area contributed by atoms with Crippen molar-refractivity contribution < 1.29 is 19.1 Å². The molecule has 0 aromatic carbocycles. The third-order valence-corrected chi connectivity index (χ3v) is 2.45. The molecule has 0 fully saturated rings. The van der Waals surface area contributed by atoms with Crippen LogP contribution in [0.3, 0.4) is 0 Å². The number of aromatic nitrogens is 1. The first kappa shape index (κ1) is 15.1. The van der Waals surface area contributed by atoms with Crippen LogP contribution >= 0.6 is 0 Å². The Morgan fingerprint density at radius 3 is 2.42 bits per heavy atom. The zero-order valence-corrected chi connectivity index (χ0v) is 11.5. The normalized spacial score (nSPS) is 11.7. The zero-order chi connectivity index (χ0) is 14.3. The molecule has 0 saturated heterocycles. The lowest BCUT2D eigenvalue weighted by atomic mass is 10.2. The molecule has 0 N–H and O–H groups in total. The van der Waals surface area contributed by atoms with E-state index in [1.54, 1.807) is 13.0 Å². The Labute approximate surface area is 112 Å². The molecule has 104 valence electrons. The Kier molecular flexibility index (Phi) is 5.99. The van der Waals surface area contributed by atoms with Crippen LogP contribution in [-0.2, 0) is 9.47 Å². The van der Waals surface area contributed by atoms with E-state index in [4.69, 9.17) is 9.47 Å². The van der Waals surface area contributed by atoms with Crippen molar-refractivity contribution in [3.63, 3.8) is 0 Å². The molecule has 1 aromatic heterocycles. The van der Waals surface area contributed by atoms with Gasteiger partial charge in [0.2, 0.25) is 0 Å². The molecule has 0 radical (unpaired) electrons. The van der Waals surface area contributed by atoms with Crippen molar-refractivity contribution in [3.05, 3.63) is 29.6 Å². The summed E-state index contributed by atoms with van der Waals surface area (Å²) in [5.41, 5.74) is 0.230. The molecular formula is C14H19NO4. The quantitative estimate of drug-likeness (QED) is 0.740. The van der Waals surface area contributed by atoms with Gasteiger partial charge in [-0.25, -0.2) is 14.6 Å². The number of pyridine rings is 1. The Hall–Kier alpha value is -1.91. The number of rotatable bonds is 6. The van der Waals surface area contributed by atoms with Gasteiger partial charge < -0.3 is 9.47 Å². The predicted molar refractivity (Wildman–Crippen MR) is 70.0 cm³/mol. The summed E-state index contributed by atoms with van der Waals surface area (Å²) in [5.74, 6) is -1.06. The first-order chi connectivity index (χ1) is 9.08. The molecule has 0 aliphatic carbocycles. The van der Waals surface area contributed by atoms with Crippen LogP contribution in [0.1, 0.15) is 54.6 Å². The maximum atomic E-state index is 11.8. The maximum Gasteiger partial charge on any atom is 0.357 e. The third-order valence-electron chi connectivity index (χ3n) is 2.45. The van der Waals surface area contributed by atoms with E-state index in [0.717, 1.165) is 12.8 Å². The molecule has 1 aromatic rings. The van der Waals surface area contributed by atoms with Crippen LogP contribution in [0.5, 0.6) is 0 Å². The van der Waals surface area contributed by atoms with Crippen molar-refractivity contribution in [1.29, 1.82) is 0 Å². The van der Waals surface area contributed by atoms with Crippen LogP contribution in [0.15, 0.2) is 18.2 Å². The van der Waals surface area contributed by atoms with Gasteiger partial charge in [0.15, 0.2) is 0 Å². The standard InChI is InChI=1S/C14H19NO4/c1-4-7-10(3)19-14(17)12-9-6-8-11(15-12)13(16)18-5-2/h6,8-10H,4-5,7H2,1-3H3. The Balaban J connectivity index is 2.75. The van der Waals surface area contributed by atoms with E-state index in [-0.39, 0.29) is 24.1 Å². The second-order valence-electron chi connectivity index (χ2n) is 4.13. The summed E-state index contributed by atoms with van der Waals surface area (Å²) in [6.45, 7) is 5.83. The highest BCUT2D eigenvalue weighted by Gasteiger charge is 2.16. The van der Waals surface area contributed by atoms with E-state index in [2.05, 4.69) is 4.98 Å². The zero-order valence-electron chi connectivity index (χ0n) is 11.5. The van der Waals surface area contributed by atoms with Crippen LogP contribution in [0.2, 0.25) is 0 Å². The van der Waals surface area contributed by atoms with Gasteiger partial charge in [0.05, 0.1) is 12.7 Å². The summed E-state index contributed by atoms with van der Waals surface area (Å²) in [5, 5.41) is 0. The lowest BCUT2D eigenvalue weighted by Gasteiger charge is -2.11. The number of carbonyl (C=O) groups excluding carboxylic acids is 2. The first-order valence-corrected chi connectivity index (χ1v) is 6.43. The summed E-state index contributed by atoms with van der Waals surface area (Å²) in [4.78, 5) is 27.3. The Morgan fingerprint density at radius 2 is 1.84 bits per heavy atom. The topological polar surface area (TPSA) is 65.5 Å². The molecule has 1 heterocycles. The number of carbonyl (C=O) groups is 2. The van der Waals surface area contributed by atoms with Crippen LogP contribution in [0, 0.1) is 0 Å². The van der Waals surface area contributed by atoms with E-state index in [9.17, 15) is 9.59 Å². The second-order valence-corrected chi connectivity index (χ2v) is 4.13. The number of hydrogen-bond donors (Lipinski definition) is 0. The van der Waals surface area contributed by atoms with Gasteiger partial charge in [0.25, 0.3) is 0 Å². The van der Waals surface area contributed by atoms with Crippen molar-refractivity contribution >= 4 is 11.9 Å². The molecule has 0 spiro atoms. The van der Waals surface area contributed by atoms with Gasteiger partial charge in [0, 0.05) is 0 Å². The van der Waals surface area contributed by atoms with Crippen LogP contribution in [-0.4, -0.2) is 29.6 Å². The fourth-order valence-corrected chi connectivity index (χ4v) is 1.58. The monoisotopic (exact) mass is 265 g/mol. The van der Waals surface area contributed by atoms with Crippen LogP contribution in [0.25, 0.3) is 0 Å². The average Bonchev–Trinajstić information content (AvgIpc) is 2.39. The smallest absolute Gasteiger partial charge is 0.357 e. The van der Waals surface area contributed by atoms with Gasteiger partial charge in [0.1, 0.15) is 11.4 Å². The van der Waals surface area contributed by atoms with Gasteiger partial charge in [-0.1, -0.05) is 19.4 Å². The molecule has 0 bridgehead atoms. The van der Waals surface area contributed by atoms with Crippen LogP contribution in [0.4, 0.5) is 0 Å². The van der Waals surface area contributed by atoms with Gasteiger partial charge in [-0.3, -0.25) is 0 Å². The number of hydrogen-bond acceptors (Lipinski definition) is 5. The predicted octanol–water partition coefficient (Wildman–Crippen LogP) is 2.60. The lowest BCUT2D eigenvalue weighted by Crippen LogP contribution is -2.17. The largest absolute Gasteiger partial charge is 0.461 e. The van der Waals surface area contributed by atoms with Crippen molar-refractivity contribution in [2.24, 2.45) is 0 Å². The number of ether oxygens (including phenoxy) is 2. The fourth-order valence-electron chi connectivity index (χ4n) is 1.58. The minimum atomic E-state index is -0.543. The molecule has 5 heteroatoms. The minimum absolute atomic E-state index is 0.111. The summed E-state index contributed by atoms with van der Waals surface area (Å²) in [6, 6.07) is 4.61. The highest BCUT2D eigenvalue weighted by Crippen LogP contribution is 2.07. The van der Waals surface area contributed by atoms with E-state index < -0.39 is 11.9 Å². The summed E-state index contributed by atoms with van der Waals surface area (Å²) < 4.78 is 10.0. The SMILES string of the molecule is CCCC(C)OC(=O)c1cccc(C(=O)OCC)n1. The number of nitrogens with zero attached hydrogens (tertiary/aromatic N) is 1. The minimum Gasteiger partial charge on any atom is -0.461 e. The molecule has 5 nitrogen and oxygen atoms in total. The van der Waals surface area contributed by atoms with Gasteiger partial charge in [-0.05, 0) is 32.4 Å². The first-order valence-electron chi connectivity index (χ1n) is 6.43. The average molecular weight is 265 g/mol. The summed E-state index contributed by atoms with van der Waals surface area (Å²) in [6.07, 6.45) is 1.57. The van der Waals surface area contributed by atoms with E-state index in [1.807, 2.05) is 13.8 Å². The lowest BCUT2D eigenvalue weighted by molar-refractivity contribution is 0.0316. The molecule has 0 amide bonds. The molecule has 0 aliphatic heterocycles. The summed E-state index contributed by atoms with van der Waals surface area (Å²) in [7, 11) is 0. The maximum absolute atomic E-state index is 11.8. The van der Waals surface area contributed by atoms with Gasteiger partial charge >= 0.3 is 11.9 Å². The molecular weight excluding hydrogens is 246 g/mol. The highest BCUT2D eigenvalue weighted by atomic mass is 16.5. The Bertz CT molecular complexity index is 445. The van der Waals surface area contributed by atoms with Crippen molar-refractivity contribution in [1.82, 2.24) is 4.98 Å². The van der Waals surface area contributed by atoms with Gasteiger partial charge in [-0.2, -0.15) is 0 Å². The molecule has 1 rings (SSSR count).